The average Bonchev–Trinajstić information content (AvgIpc) is 3.22. The van der Waals surface area contributed by atoms with Crippen molar-refractivity contribution in [3.8, 4) is 0 Å². The predicted octanol–water partition coefficient (Wildman–Crippen LogP) is 2.92. The van der Waals surface area contributed by atoms with Gasteiger partial charge in [0.25, 0.3) is 5.91 Å². The first-order valence-corrected chi connectivity index (χ1v) is 8.62. The zero-order valence-electron chi connectivity index (χ0n) is 13.5. The third-order valence-corrected chi connectivity index (χ3v) is 4.96. The Labute approximate surface area is 134 Å². The molecule has 0 aromatic carbocycles. The van der Waals surface area contributed by atoms with Crippen molar-refractivity contribution in [3.05, 3.63) is 17.5 Å². The van der Waals surface area contributed by atoms with Gasteiger partial charge in [-0.2, -0.15) is 5.10 Å². The molecule has 0 bridgehead atoms. The quantitative estimate of drug-likeness (QED) is 0.861. The van der Waals surface area contributed by atoms with E-state index in [1.807, 2.05) is 14.0 Å². The number of carbonyl (C=O) groups is 1. The van der Waals surface area contributed by atoms with Crippen molar-refractivity contribution in [3.63, 3.8) is 0 Å². The van der Waals surface area contributed by atoms with Gasteiger partial charge in [0, 0.05) is 29.9 Å². The van der Waals surface area contributed by atoms with E-state index >= 15 is 0 Å². The largest absolute Gasteiger partial charge is 0.352 e. The summed E-state index contributed by atoms with van der Waals surface area (Å²) in [4.78, 5) is 18.0. The van der Waals surface area contributed by atoms with Crippen molar-refractivity contribution in [1.29, 1.82) is 0 Å². The maximum absolute atomic E-state index is 12.5. The fourth-order valence-corrected chi connectivity index (χ4v) is 3.65. The van der Waals surface area contributed by atoms with Gasteiger partial charge in [-0.15, -0.1) is 11.8 Å². The van der Waals surface area contributed by atoms with Crippen LogP contribution in [0, 0.1) is 12.8 Å². The van der Waals surface area contributed by atoms with E-state index in [0.717, 1.165) is 28.2 Å². The van der Waals surface area contributed by atoms with Crippen molar-refractivity contribution in [2.75, 3.05) is 6.54 Å². The molecule has 0 aliphatic heterocycles. The summed E-state index contributed by atoms with van der Waals surface area (Å²) in [5, 5.41) is 8.89. The molecule has 2 heterocycles. The van der Waals surface area contributed by atoms with Gasteiger partial charge in [-0.1, -0.05) is 13.8 Å². The van der Waals surface area contributed by atoms with E-state index in [0.29, 0.717) is 16.7 Å². The number of fused-ring (bicyclic) bond motifs is 1. The lowest BCUT2D eigenvalue weighted by atomic mass is 10.2. The first-order chi connectivity index (χ1) is 10.5. The molecule has 2 aromatic heterocycles. The average molecular weight is 318 g/mol. The van der Waals surface area contributed by atoms with Gasteiger partial charge in [-0.05, 0) is 25.7 Å². The van der Waals surface area contributed by atoms with Crippen molar-refractivity contribution in [2.45, 2.75) is 43.8 Å². The van der Waals surface area contributed by atoms with Crippen LogP contribution in [0.15, 0.2) is 11.1 Å². The van der Waals surface area contributed by atoms with E-state index in [-0.39, 0.29) is 5.91 Å². The van der Waals surface area contributed by atoms with Gasteiger partial charge < -0.3 is 5.32 Å². The predicted molar refractivity (Wildman–Crippen MR) is 89.3 cm³/mol. The second-order valence-electron chi connectivity index (χ2n) is 6.23. The van der Waals surface area contributed by atoms with Crippen LogP contribution in [0.5, 0.6) is 0 Å². The number of hydrogen-bond donors (Lipinski definition) is 1. The van der Waals surface area contributed by atoms with Gasteiger partial charge in [-0.25, -0.2) is 4.98 Å². The van der Waals surface area contributed by atoms with E-state index in [1.165, 1.54) is 12.8 Å². The third kappa shape index (κ3) is 2.97. The molecule has 1 aliphatic rings. The molecule has 118 valence electrons. The zero-order chi connectivity index (χ0) is 15.9. The molecule has 2 aromatic rings. The minimum Gasteiger partial charge on any atom is -0.352 e. The number of pyridine rings is 1. The summed E-state index contributed by atoms with van der Waals surface area (Å²) in [6.45, 7) is 7.01. The highest BCUT2D eigenvalue weighted by molar-refractivity contribution is 8.00. The number of thioether (sulfide) groups is 1. The van der Waals surface area contributed by atoms with Crippen LogP contribution >= 0.6 is 11.8 Å². The Morgan fingerprint density at radius 3 is 2.86 bits per heavy atom. The number of carbonyl (C=O) groups excluding carboxylic acids is 1. The molecule has 1 amide bonds. The lowest BCUT2D eigenvalue weighted by Crippen LogP contribution is -2.26. The summed E-state index contributed by atoms with van der Waals surface area (Å²) in [6.07, 6.45) is 4.15. The number of amides is 1. The molecule has 0 radical (unpaired) electrons. The standard InChI is InChI=1S/C16H22N4OS/c1-9(2)22-14-12(16(21)18-7-11-5-6-11)8-17-15-13(14)10(3)19-20(15)4/h8-9,11H,5-7H2,1-4H3,(H,18,21). The monoisotopic (exact) mass is 318 g/mol. The number of aryl methyl sites for hydroxylation is 2. The van der Waals surface area contributed by atoms with Crippen molar-refractivity contribution >= 4 is 28.7 Å². The highest BCUT2D eigenvalue weighted by Crippen LogP contribution is 2.35. The lowest BCUT2D eigenvalue weighted by Gasteiger charge is -2.13. The molecular formula is C16H22N4OS. The molecule has 1 N–H and O–H groups in total. The maximum Gasteiger partial charge on any atom is 0.254 e. The second-order valence-corrected chi connectivity index (χ2v) is 7.82. The molecular weight excluding hydrogens is 296 g/mol. The second kappa shape index (κ2) is 5.91. The van der Waals surface area contributed by atoms with Crippen LogP contribution in [-0.2, 0) is 7.05 Å². The molecule has 0 spiro atoms. The summed E-state index contributed by atoms with van der Waals surface area (Å²) in [7, 11) is 1.89. The summed E-state index contributed by atoms with van der Waals surface area (Å²) < 4.78 is 1.78. The highest BCUT2D eigenvalue weighted by Gasteiger charge is 2.24. The SMILES string of the molecule is Cc1nn(C)c2ncc(C(=O)NCC3CC3)c(SC(C)C)c12. The highest BCUT2D eigenvalue weighted by atomic mass is 32.2. The Morgan fingerprint density at radius 1 is 1.50 bits per heavy atom. The van der Waals surface area contributed by atoms with Gasteiger partial charge in [0.15, 0.2) is 5.65 Å². The Kier molecular flexibility index (Phi) is 4.12. The fraction of sp³-hybridized carbons (Fsp3) is 0.562. The zero-order valence-corrected chi connectivity index (χ0v) is 14.3. The molecule has 5 nitrogen and oxygen atoms in total. The molecule has 6 heteroatoms. The number of nitrogens with zero attached hydrogens (tertiary/aromatic N) is 3. The molecule has 3 rings (SSSR count). The lowest BCUT2D eigenvalue weighted by molar-refractivity contribution is 0.0949. The van der Waals surface area contributed by atoms with Crippen molar-refractivity contribution < 1.29 is 4.79 Å². The van der Waals surface area contributed by atoms with Crippen LogP contribution in [0.1, 0.15) is 42.7 Å². The number of hydrogen-bond acceptors (Lipinski definition) is 4. The Balaban J connectivity index is 2.03. The summed E-state index contributed by atoms with van der Waals surface area (Å²) in [5.41, 5.74) is 2.42. The molecule has 1 aliphatic carbocycles. The Bertz CT molecular complexity index is 718. The van der Waals surface area contributed by atoms with Crippen LogP contribution in [0.25, 0.3) is 11.0 Å². The first kappa shape index (κ1) is 15.3. The molecule has 1 saturated carbocycles. The van der Waals surface area contributed by atoms with Crippen molar-refractivity contribution in [2.24, 2.45) is 13.0 Å². The maximum atomic E-state index is 12.5. The van der Waals surface area contributed by atoms with E-state index in [1.54, 1.807) is 22.6 Å². The van der Waals surface area contributed by atoms with E-state index in [4.69, 9.17) is 0 Å². The summed E-state index contributed by atoms with van der Waals surface area (Å²) in [6, 6.07) is 0. The topological polar surface area (TPSA) is 59.8 Å². The van der Waals surface area contributed by atoms with E-state index in [9.17, 15) is 4.79 Å². The van der Waals surface area contributed by atoms with Gasteiger partial charge >= 0.3 is 0 Å². The minimum absolute atomic E-state index is 0.0206. The van der Waals surface area contributed by atoms with Gasteiger partial charge in [0.1, 0.15) is 0 Å². The fourth-order valence-electron chi connectivity index (χ4n) is 2.55. The number of aromatic nitrogens is 3. The summed E-state index contributed by atoms with van der Waals surface area (Å²) >= 11 is 1.71. The first-order valence-electron chi connectivity index (χ1n) is 7.74. The van der Waals surface area contributed by atoms with Crippen LogP contribution in [0.2, 0.25) is 0 Å². The van der Waals surface area contributed by atoms with Crippen molar-refractivity contribution in [1.82, 2.24) is 20.1 Å². The number of rotatable bonds is 5. The smallest absolute Gasteiger partial charge is 0.254 e. The Morgan fingerprint density at radius 2 is 2.23 bits per heavy atom. The normalized spacial score (nSPS) is 14.8. The Hall–Kier alpha value is -1.56. The molecule has 0 atom stereocenters. The van der Waals surface area contributed by atoms with Gasteiger partial charge in [-0.3, -0.25) is 9.48 Å². The van der Waals surface area contributed by atoms with E-state index < -0.39 is 0 Å². The third-order valence-electron chi connectivity index (χ3n) is 3.83. The van der Waals surface area contributed by atoms with Crippen LogP contribution < -0.4 is 5.32 Å². The van der Waals surface area contributed by atoms with Crippen LogP contribution in [-0.4, -0.2) is 32.5 Å². The number of nitrogens with one attached hydrogen (secondary N) is 1. The van der Waals surface area contributed by atoms with Crippen LogP contribution in [0.4, 0.5) is 0 Å². The minimum atomic E-state index is -0.0206. The molecule has 0 saturated heterocycles. The van der Waals surface area contributed by atoms with Crippen LogP contribution in [0.3, 0.4) is 0 Å². The van der Waals surface area contributed by atoms with E-state index in [2.05, 4.69) is 29.2 Å². The van der Waals surface area contributed by atoms with Gasteiger partial charge in [0.05, 0.1) is 16.6 Å². The molecule has 1 fully saturated rings. The molecule has 0 unspecified atom stereocenters. The summed E-state index contributed by atoms with van der Waals surface area (Å²) in [5.74, 6) is 0.648. The molecule has 22 heavy (non-hydrogen) atoms. The van der Waals surface area contributed by atoms with Gasteiger partial charge in [0.2, 0.25) is 0 Å².